The van der Waals surface area contributed by atoms with E-state index in [0.717, 1.165) is 38.5 Å². The van der Waals surface area contributed by atoms with Gasteiger partial charge < -0.3 is 5.32 Å². The lowest BCUT2D eigenvalue weighted by Crippen LogP contribution is -2.41. The monoisotopic (exact) mass is 440 g/mol. The molecule has 0 bridgehead atoms. The van der Waals surface area contributed by atoms with Crippen molar-refractivity contribution < 1.29 is 13.2 Å². The number of benzene rings is 1. The van der Waals surface area contributed by atoms with Crippen LogP contribution in [-0.2, 0) is 14.8 Å². The van der Waals surface area contributed by atoms with Crippen molar-refractivity contribution in [2.45, 2.75) is 81.6 Å². The van der Waals surface area contributed by atoms with E-state index in [4.69, 9.17) is 11.6 Å². The molecule has 0 spiro atoms. The van der Waals surface area contributed by atoms with Gasteiger partial charge in [0.2, 0.25) is 15.9 Å². The van der Waals surface area contributed by atoms with Gasteiger partial charge in [-0.2, -0.15) is 0 Å². The van der Waals surface area contributed by atoms with Crippen LogP contribution >= 0.6 is 11.6 Å². The van der Waals surface area contributed by atoms with E-state index in [1.54, 1.807) is 12.1 Å². The van der Waals surface area contributed by atoms with E-state index in [2.05, 4.69) is 10.0 Å². The Morgan fingerprint density at radius 1 is 0.897 bits per heavy atom. The average Bonchev–Trinajstić information content (AvgIpc) is 2.69. The maximum atomic E-state index is 12.7. The molecule has 162 valence electrons. The maximum Gasteiger partial charge on any atom is 0.240 e. The molecule has 5 nitrogen and oxygen atoms in total. The summed E-state index contributed by atoms with van der Waals surface area (Å²) in [5, 5.41) is 3.81. The van der Waals surface area contributed by atoms with E-state index < -0.39 is 10.0 Å². The van der Waals surface area contributed by atoms with Crippen LogP contribution in [0.4, 0.5) is 0 Å². The molecular formula is C22H33ClN2O3S. The van der Waals surface area contributed by atoms with Crippen molar-refractivity contribution in [3.8, 4) is 0 Å². The zero-order chi connectivity index (χ0) is 20.7. The number of amides is 1. The fraction of sp³-hybridized carbons (Fsp3) is 0.682. The second-order valence-corrected chi connectivity index (χ2v) is 10.8. The number of nitrogens with one attached hydrogen (secondary N) is 2. The molecule has 0 unspecified atom stereocenters. The Morgan fingerprint density at radius 3 is 2.10 bits per heavy atom. The van der Waals surface area contributed by atoms with E-state index in [1.165, 1.54) is 44.2 Å². The molecule has 2 aliphatic rings. The Labute approximate surface area is 180 Å². The summed E-state index contributed by atoms with van der Waals surface area (Å²) < 4.78 is 27.5. The Bertz CT molecular complexity index is 751. The summed E-state index contributed by atoms with van der Waals surface area (Å²) in [6.45, 7) is 0.419. The highest BCUT2D eigenvalue weighted by Gasteiger charge is 2.28. The Kier molecular flexibility index (Phi) is 8.39. The topological polar surface area (TPSA) is 75.3 Å². The minimum Gasteiger partial charge on any atom is -0.353 e. The summed E-state index contributed by atoms with van der Waals surface area (Å²) in [5.41, 5.74) is 0. The lowest BCUT2D eigenvalue weighted by molar-refractivity contribution is -0.127. The van der Waals surface area contributed by atoms with Crippen molar-refractivity contribution in [3.63, 3.8) is 0 Å². The van der Waals surface area contributed by atoms with Gasteiger partial charge in [-0.25, -0.2) is 13.1 Å². The van der Waals surface area contributed by atoms with Gasteiger partial charge in [0.05, 0.1) is 4.90 Å². The fourth-order valence-corrected chi connectivity index (χ4v) is 5.72. The third kappa shape index (κ3) is 6.97. The second kappa shape index (κ2) is 10.8. The highest BCUT2D eigenvalue weighted by Crippen LogP contribution is 2.29. The van der Waals surface area contributed by atoms with E-state index in [9.17, 15) is 13.2 Å². The summed E-state index contributed by atoms with van der Waals surface area (Å²) in [6.07, 6.45) is 12.0. The molecule has 2 aliphatic carbocycles. The van der Waals surface area contributed by atoms with Crippen LogP contribution < -0.4 is 10.0 Å². The Balaban J connectivity index is 1.41. The predicted octanol–water partition coefficient (Wildman–Crippen LogP) is 4.65. The van der Waals surface area contributed by atoms with Gasteiger partial charge in [-0.15, -0.1) is 0 Å². The standard InChI is InChI=1S/C22H33ClN2O3S/c23-19-12-14-21(15-13-19)29(27,28)24-16-17-8-10-18(11-9-17)22(26)25-20-6-4-2-1-3-5-7-20/h12-15,17-18,20,24H,1-11,16H2,(H,25,26). The molecule has 0 aliphatic heterocycles. The first-order chi connectivity index (χ1) is 13.9. The van der Waals surface area contributed by atoms with Crippen LogP contribution in [0.2, 0.25) is 5.02 Å². The molecule has 7 heteroatoms. The van der Waals surface area contributed by atoms with Crippen LogP contribution in [-0.4, -0.2) is 26.9 Å². The van der Waals surface area contributed by atoms with Crippen molar-refractivity contribution in [1.82, 2.24) is 10.0 Å². The third-order valence-corrected chi connectivity index (χ3v) is 8.05. The van der Waals surface area contributed by atoms with Crippen molar-refractivity contribution >= 4 is 27.5 Å². The molecule has 0 saturated heterocycles. The van der Waals surface area contributed by atoms with Crippen LogP contribution in [0.5, 0.6) is 0 Å². The molecule has 0 radical (unpaired) electrons. The zero-order valence-corrected chi connectivity index (χ0v) is 18.6. The summed E-state index contributed by atoms with van der Waals surface area (Å²) in [5.74, 6) is 0.558. The molecule has 1 amide bonds. The number of carbonyl (C=O) groups is 1. The molecule has 2 saturated carbocycles. The number of hydrogen-bond donors (Lipinski definition) is 2. The SMILES string of the molecule is O=C(NC1CCCCCCC1)C1CCC(CNS(=O)(=O)c2ccc(Cl)cc2)CC1. The van der Waals surface area contributed by atoms with E-state index in [0.29, 0.717) is 17.6 Å². The van der Waals surface area contributed by atoms with Gasteiger partial charge in [-0.3, -0.25) is 4.79 Å². The number of sulfonamides is 1. The zero-order valence-electron chi connectivity index (χ0n) is 17.0. The van der Waals surface area contributed by atoms with Gasteiger partial charge >= 0.3 is 0 Å². The molecule has 2 fully saturated rings. The highest BCUT2D eigenvalue weighted by atomic mass is 35.5. The number of hydrogen-bond acceptors (Lipinski definition) is 3. The molecule has 0 heterocycles. The van der Waals surface area contributed by atoms with Crippen molar-refractivity contribution in [2.75, 3.05) is 6.54 Å². The first kappa shape index (κ1) is 22.6. The third-order valence-electron chi connectivity index (χ3n) is 6.36. The van der Waals surface area contributed by atoms with Gasteiger partial charge in [0.15, 0.2) is 0 Å². The van der Waals surface area contributed by atoms with Crippen molar-refractivity contribution in [3.05, 3.63) is 29.3 Å². The largest absolute Gasteiger partial charge is 0.353 e. The summed E-state index contributed by atoms with van der Waals surface area (Å²) in [4.78, 5) is 12.9. The molecule has 2 N–H and O–H groups in total. The fourth-order valence-electron chi connectivity index (χ4n) is 4.47. The first-order valence-electron chi connectivity index (χ1n) is 11.0. The maximum absolute atomic E-state index is 12.7. The molecular weight excluding hydrogens is 408 g/mol. The summed E-state index contributed by atoms with van der Waals surface area (Å²) >= 11 is 5.83. The quantitative estimate of drug-likeness (QED) is 0.675. The van der Waals surface area contributed by atoms with Gasteiger partial charge in [0.25, 0.3) is 0 Å². The molecule has 0 atom stereocenters. The van der Waals surface area contributed by atoms with Crippen molar-refractivity contribution in [2.24, 2.45) is 11.8 Å². The van der Waals surface area contributed by atoms with Gasteiger partial charge in [0, 0.05) is 23.5 Å². The van der Waals surface area contributed by atoms with E-state index in [-0.39, 0.29) is 22.6 Å². The minimum atomic E-state index is -3.52. The number of rotatable bonds is 6. The first-order valence-corrected chi connectivity index (χ1v) is 12.9. The summed E-state index contributed by atoms with van der Waals surface area (Å²) in [6, 6.07) is 6.53. The van der Waals surface area contributed by atoms with Crippen LogP contribution in [0.1, 0.15) is 70.6 Å². The Hall–Kier alpha value is -1.11. The van der Waals surface area contributed by atoms with Gasteiger partial charge in [-0.1, -0.05) is 43.7 Å². The second-order valence-electron chi connectivity index (χ2n) is 8.57. The van der Waals surface area contributed by atoms with Gasteiger partial charge in [-0.05, 0) is 68.7 Å². The van der Waals surface area contributed by atoms with Crippen LogP contribution in [0, 0.1) is 11.8 Å². The highest BCUT2D eigenvalue weighted by molar-refractivity contribution is 7.89. The number of carbonyl (C=O) groups excluding carboxylic acids is 1. The van der Waals surface area contributed by atoms with Crippen LogP contribution in [0.15, 0.2) is 29.2 Å². The minimum absolute atomic E-state index is 0.0737. The lowest BCUT2D eigenvalue weighted by atomic mass is 9.81. The van der Waals surface area contributed by atoms with Crippen molar-refractivity contribution in [1.29, 1.82) is 0 Å². The average molecular weight is 441 g/mol. The van der Waals surface area contributed by atoms with Crippen LogP contribution in [0.3, 0.4) is 0 Å². The molecule has 1 aromatic rings. The van der Waals surface area contributed by atoms with E-state index >= 15 is 0 Å². The predicted molar refractivity (Wildman–Crippen MR) is 116 cm³/mol. The molecule has 29 heavy (non-hydrogen) atoms. The molecule has 1 aromatic carbocycles. The Morgan fingerprint density at radius 2 is 1.48 bits per heavy atom. The molecule has 0 aromatic heterocycles. The van der Waals surface area contributed by atoms with Gasteiger partial charge in [0.1, 0.15) is 0 Å². The van der Waals surface area contributed by atoms with Crippen LogP contribution in [0.25, 0.3) is 0 Å². The smallest absolute Gasteiger partial charge is 0.240 e. The molecule has 3 rings (SSSR count). The van der Waals surface area contributed by atoms with E-state index in [1.807, 2.05) is 0 Å². The number of halogens is 1. The summed E-state index contributed by atoms with van der Waals surface area (Å²) in [7, 11) is -3.52. The lowest BCUT2D eigenvalue weighted by Gasteiger charge is -2.30. The normalized spacial score (nSPS) is 24.4.